The van der Waals surface area contributed by atoms with Crippen LogP contribution in [-0.2, 0) is 5.75 Å². The van der Waals surface area contributed by atoms with Gasteiger partial charge in [0.15, 0.2) is 5.16 Å². The maximum absolute atomic E-state index is 5.38. The van der Waals surface area contributed by atoms with Gasteiger partial charge in [-0.15, -0.1) is 20.4 Å². The molecule has 0 fully saturated rings. The van der Waals surface area contributed by atoms with E-state index in [2.05, 4.69) is 39.5 Å². The van der Waals surface area contributed by atoms with Crippen LogP contribution < -0.4 is 0 Å². The lowest BCUT2D eigenvalue weighted by Gasteiger charge is -2.08. The number of rotatable bonds is 4. The van der Waals surface area contributed by atoms with Gasteiger partial charge >= 0.3 is 0 Å². The van der Waals surface area contributed by atoms with Crippen LogP contribution in [0.25, 0.3) is 5.69 Å². The van der Waals surface area contributed by atoms with Crippen LogP contribution in [0.1, 0.15) is 23.2 Å². The number of nitrogens with zero attached hydrogens (tertiary/aromatic N) is 5. The third kappa shape index (κ3) is 2.97. The summed E-state index contributed by atoms with van der Waals surface area (Å²) in [6.45, 7) is 5.79. The summed E-state index contributed by atoms with van der Waals surface area (Å²) in [7, 11) is 0. The maximum Gasteiger partial charge on any atom is 0.226 e. The zero-order valence-corrected chi connectivity index (χ0v) is 12.9. The Bertz CT molecular complexity index is 764. The van der Waals surface area contributed by atoms with Gasteiger partial charge in [0.1, 0.15) is 5.82 Å². The van der Waals surface area contributed by atoms with Gasteiger partial charge < -0.3 is 4.42 Å². The van der Waals surface area contributed by atoms with Gasteiger partial charge in [-0.2, -0.15) is 0 Å². The van der Waals surface area contributed by atoms with E-state index in [1.807, 2.05) is 23.6 Å². The van der Waals surface area contributed by atoms with E-state index in [9.17, 15) is 0 Å². The third-order valence-electron chi connectivity index (χ3n) is 2.95. The van der Waals surface area contributed by atoms with Crippen LogP contribution in [0.15, 0.2) is 33.8 Å². The van der Waals surface area contributed by atoms with E-state index in [-0.39, 0.29) is 0 Å². The first kappa shape index (κ1) is 13.8. The summed E-state index contributed by atoms with van der Waals surface area (Å²) in [5, 5.41) is 17.0. The molecule has 0 saturated heterocycles. The molecule has 6 nitrogen and oxygen atoms in total. The molecule has 0 aliphatic carbocycles. The molecule has 0 atom stereocenters. The predicted molar refractivity (Wildman–Crippen MR) is 79.4 cm³/mol. The van der Waals surface area contributed by atoms with Gasteiger partial charge in [-0.25, -0.2) is 0 Å². The molecule has 0 amide bonds. The van der Waals surface area contributed by atoms with Crippen molar-refractivity contribution in [3.63, 3.8) is 0 Å². The summed E-state index contributed by atoms with van der Waals surface area (Å²) >= 11 is 1.53. The Labute approximate surface area is 126 Å². The monoisotopic (exact) mass is 301 g/mol. The summed E-state index contributed by atoms with van der Waals surface area (Å²) in [5.74, 6) is 2.59. The van der Waals surface area contributed by atoms with Crippen LogP contribution in [0, 0.1) is 20.8 Å². The fraction of sp³-hybridized carbons (Fsp3) is 0.286. The van der Waals surface area contributed by atoms with E-state index in [0.29, 0.717) is 17.5 Å². The molecule has 7 heteroatoms. The van der Waals surface area contributed by atoms with E-state index in [1.54, 1.807) is 6.92 Å². The van der Waals surface area contributed by atoms with Crippen molar-refractivity contribution in [1.82, 2.24) is 25.0 Å². The summed E-state index contributed by atoms with van der Waals surface area (Å²) in [6.07, 6.45) is 0. The number of thioether (sulfide) groups is 1. The second-order valence-corrected chi connectivity index (χ2v) is 5.65. The van der Waals surface area contributed by atoms with Crippen LogP contribution in [0.2, 0.25) is 0 Å². The molecule has 108 valence electrons. The van der Waals surface area contributed by atoms with Crippen molar-refractivity contribution < 1.29 is 4.42 Å². The normalized spacial score (nSPS) is 11.0. The molecule has 0 radical (unpaired) electrons. The van der Waals surface area contributed by atoms with Crippen LogP contribution in [0.5, 0.6) is 0 Å². The van der Waals surface area contributed by atoms with Crippen LogP contribution in [0.4, 0.5) is 0 Å². The second kappa shape index (κ2) is 5.69. The van der Waals surface area contributed by atoms with Gasteiger partial charge in [0.05, 0.1) is 5.75 Å². The maximum atomic E-state index is 5.38. The van der Waals surface area contributed by atoms with Gasteiger partial charge in [-0.05, 0) is 31.5 Å². The lowest BCUT2D eigenvalue weighted by Crippen LogP contribution is -1.99. The topological polar surface area (TPSA) is 69.6 Å². The molecule has 1 aromatic carbocycles. The number of hydrogen-bond acceptors (Lipinski definition) is 6. The highest BCUT2D eigenvalue weighted by atomic mass is 32.2. The summed E-state index contributed by atoms with van der Waals surface area (Å²) in [6, 6.07) is 8.25. The summed E-state index contributed by atoms with van der Waals surface area (Å²) in [5.41, 5.74) is 2.26. The van der Waals surface area contributed by atoms with Gasteiger partial charge in [-0.1, -0.05) is 23.9 Å². The minimum absolute atomic E-state index is 0.571. The molecule has 3 aromatic rings. The van der Waals surface area contributed by atoms with Crippen molar-refractivity contribution in [2.24, 2.45) is 0 Å². The number of benzene rings is 1. The average molecular weight is 301 g/mol. The van der Waals surface area contributed by atoms with Crippen molar-refractivity contribution in [2.75, 3.05) is 0 Å². The van der Waals surface area contributed by atoms with E-state index < -0.39 is 0 Å². The highest BCUT2D eigenvalue weighted by Gasteiger charge is 2.13. The second-order valence-electron chi connectivity index (χ2n) is 4.71. The van der Waals surface area contributed by atoms with Crippen molar-refractivity contribution in [2.45, 2.75) is 31.7 Å². The van der Waals surface area contributed by atoms with E-state index in [4.69, 9.17) is 4.42 Å². The molecule has 21 heavy (non-hydrogen) atoms. The molecule has 2 aromatic heterocycles. The van der Waals surface area contributed by atoms with Crippen LogP contribution >= 0.6 is 11.8 Å². The van der Waals surface area contributed by atoms with Crippen LogP contribution in [-0.4, -0.2) is 25.0 Å². The summed E-state index contributed by atoms with van der Waals surface area (Å²) in [4.78, 5) is 0. The first-order chi connectivity index (χ1) is 10.1. The van der Waals surface area contributed by atoms with Gasteiger partial charge in [0, 0.05) is 12.6 Å². The van der Waals surface area contributed by atoms with E-state index in [0.717, 1.165) is 16.7 Å². The highest BCUT2D eigenvalue weighted by molar-refractivity contribution is 7.98. The molecule has 2 heterocycles. The highest BCUT2D eigenvalue weighted by Crippen LogP contribution is 2.25. The first-order valence-corrected chi connectivity index (χ1v) is 7.53. The largest absolute Gasteiger partial charge is 0.425 e. The fourth-order valence-electron chi connectivity index (χ4n) is 2.02. The van der Waals surface area contributed by atoms with Crippen molar-refractivity contribution in [3.05, 3.63) is 47.4 Å². The minimum atomic E-state index is 0.571. The smallest absolute Gasteiger partial charge is 0.226 e. The lowest BCUT2D eigenvalue weighted by molar-refractivity contribution is 0.485. The number of aromatic nitrogens is 5. The Morgan fingerprint density at radius 1 is 1.10 bits per heavy atom. The number of hydrogen-bond donors (Lipinski definition) is 0. The van der Waals surface area contributed by atoms with Crippen molar-refractivity contribution in [3.8, 4) is 5.69 Å². The van der Waals surface area contributed by atoms with Gasteiger partial charge in [0.25, 0.3) is 0 Å². The number of aryl methyl sites for hydroxylation is 3. The Kier molecular flexibility index (Phi) is 3.74. The molecule has 0 bridgehead atoms. The molecular formula is C14H15N5OS. The molecule has 0 unspecified atom stereocenters. The Balaban J connectivity index is 1.86. The van der Waals surface area contributed by atoms with Crippen molar-refractivity contribution in [1.29, 1.82) is 0 Å². The van der Waals surface area contributed by atoms with E-state index in [1.165, 1.54) is 17.3 Å². The summed E-state index contributed by atoms with van der Waals surface area (Å²) < 4.78 is 7.40. The molecular weight excluding hydrogens is 286 g/mol. The zero-order valence-electron chi connectivity index (χ0n) is 12.1. The SMILES string of the molecule is Cc1cccc(-n2c(C)nnc2SCc2nnc(C)o2)c1. The Morgan fingerprint density at radius 2 is 1.95 bits per heavy atom. The predicted octanol–water partition coefficient (Wildman–Crippen LogP) is 2.87. The molecule has 0 N–H and O–H groups in total. The van der Waals surface area contributed by atoms with Gasteiger partial charge in [-0.3, -0.25) is 4.57 Å². The third-order valence-corrected chi connectivity index (χ3v) is 3.86. The average Bonchev–Trinajstić information content (AvgIpc) is 3.02. The molecule has 0 spiro atoms. The quantitative estimate of drug-likeness (QED) is 0.690. The first-order valence-electron chi connectivity index (χ1n) is 6.54. The lowest BCUT2D eigenvalue weighted by atomic mass is 10.2. The molecule has 0 saturated carbocycles. The molecule has 0 aliphatic heterocycles. The Hall–Kier alpha value is -2.15. The molecule has 3 rings (SSSR count). The van der Waals surface area contributed by atoms with Crippen LogP contribution in [0.3, 0.4) is 0 Å². The Morgan fingerprint density at radius 3 is 2.67 bits per heavy atom. The minimum Gasteiger partial charge on any atom is -0.425 e. The molecule has 0 aliphatic rings. The fourth-order valence-corrected chi connectivity index (χ4v) is 2.86. The van der Waals surface area contributed by atoms with E-state index >= 15 is 0 Å². The standard InChI is InChI=1S/C14H15N5OS/c1-9-5-4-6-12(7-9)19-10(2)15-18-14(19)21-8-13-17-16-11(3)20-13/h4-7H,8H2,1-3H3. The zero-order chi connectivity index (χ0) is 14.8. The van der Waals surface area contributed by atoms with Gasteiger partial charge in [0.2, 0.25) is 11.8 Å². The van der Waals surface area contributed by atoms with Crippen molar-refractivity contribution >= 4 is 11.8 Å².